The van der Waals surface area contributed by atoms with E-state index in [1.54, 1.807) is 6.92 Å². The molecule has 0 N–H and O–H groups in total. The van der Waals surface area contributed by atoms with Gasteiger partial charge in [-0.2, -0.15) is 0 Å². The van der Waals surface area contributed by atoms with Gasteiger partial charge in [-0.25, -0.2) is 0 Å². The number of rotatable bonds is 4. The summed E-state index contributed by atoms with van der Waals surface area (Å²) in [5.74, 6) is 3.55. The van der Waals surface area contributed by atoms with E-state index in [1.807, 2.05) is 0 Å². The highest BCUT2D eigenvalue weighted by Gasteiger charge is 2.42. The molecule has 0 saturated heterocycles. The van der Waals surface area contributed by atoms with Gasteiger partial charge in [-0.15, -0.1) is 0 Å². The number of ether oxygens (including phenoxy) is 1. The van der Waals surface area contributed by atoms with Gasteiger partial charge in [0.1, 0.15) is 6.10 Å². The van der Waals surface area contributed by atoms with Crippen molar-refractivity contribution >= 4 is 5.97 Å². The van der Waals surface area contributed by atoms with E-state index in [2.05, 4.69) is 41.5 Å². The molecule has 0 spiro atoms. The van der Waals surface area contributed by atoms with Crippen LogP contribution in [-0.4, -0.2) is 12.1 Å². The van der Waals surface area contributed by atoms with Crippen molar-refractivity contribution in [3.05, 3.63) is 0 Å². The fraction of sp³-hybridized carbons (Fsp3) is 0.941. The Hall–Kier alpha value is -0.530. The Labute approximate surface area is 119 Å². The van der Waals surface area contributed by atoms with Gasteiger partial charge in [-0.1, -0.05) is 41.5 Å². The molecule has 0 unspecified atom stereocenters. The highest BCUT2D eigenvalue weighted by molar-refractivity contribution is 5.66. The number of hydrogen-bond donors (Lipinski definition) is 0. The van der Waals surface area contributed by atoms with E-state index in [0.29, 0.717) is 23.7 Å². The Morgan fingerprint density at radius 3 is 1.58 bits per heavy atom. The molecule has 0 radical (unpaired) electrons. The molecule has 112 valence electrons. The maximum Gasteiger partial charge on any atom is 0.302 e. The molecule has 0 aromatic carbocycles. The van der Waals surface area contributed by atoms with Crippen molar-refractivity contribution in [3.63, 3.8) is 0 Å². The van der Waals surface area contributed by atoms with Crippen LogP contribution < -0.4 is 0 Å². The predicted octanol–water partition coefficient (Wildman–Crippen LogP) is 4.53. The van der Waals surface area contributed by atoms with Gasteiger partial charge in [0.05, 0.1) is 0 Å². The van der Waals surface area contributed by atoms with Crippen molar-refractivity contribution in [2.45, 2.75) is 67.4 Å². The monoisotopic (exact) mass is 268 g/mol. The lowest BCUT2D eigenvalue weighted by atomic mass is 9.63. The van der Waals surface area contributed by atoms with Gasteiger partial charge in [0.15, 0.2) is 0 Å². The largest absolute Gasteiger partial charge is 0.462 e. The van der Waals surface area contributed by atoms with E-state index < -0.39 is 0 Å². The minimum absolute atomic E-state index is 0.118. The molecule has 2 heteroatoms. The second-order valence-electron chi connectivity index (χ2n) is 7.37. The fourth-order valence-corrected chi connectivity index (χ4v) is 3.59. The summed E-state index contributed by atoms with van der Waals surface area (Å²) in [6.45, 7) is 15.3. The normalized spacial score (nSPS) is 32.1. The lowest BCUT2D eigenvalue weighted by molar-refractivity contribution is -0.161. The van der Waals surface area contributed by atoms with Gasteiger partial charge in [0, 0.05) is 6.92 Å². The molecule has 0 aromatic heterocycles. The third-order valence-electron chi connectivity index (χ3n) is 4.95. The summed E-state index contributed by atoms with van der Waals surface area (Å²) < 4.78 is 5.73. The molecule has 19 heavy (non-hydrogen) atoms. The Morgan fingerprint density at radius 1 is 0.895 bits per heavy atom. The van der Waals surface area contributed by atoms with Crippen molar-refractivity contribution in [1.29, 1.82) is 0 Å². The summed E-state index contributed by atoms with van der Waals surface area (Å²) in [6, 6.07) is 0. The molecule has 2 nitrogen and oxygen atoms in total. The first-order valence-corrected chi connectivity index (χ1v) is 7.91. The molecule has 1 aliphatic rings. The zero-order chi connectivity index (χ0) is 14.7. The van der Waals surface area contributed by atoms with Crippen molar-refractivity contribution in [1.82, 2.24) is 0 Å². The summed E-state index contributed by atoms with van der Waals surface area (Å²) >= 11 is 0. The van der Waals surface area contributed by atoms with Crippen LogP contribution in [0.5, 0.6) is 0 Å². The van der Waals surface area contributed by atoms with Crippen molar-refractivity contribution in [2.75, 3.05) is 0 Å². The minimum atomic E-state index is -0.121. The molecule has 0 amide bonds. The highest BCUT2D eigenvalue weighted by atomic mass is 16.5. The minimum Gasteiger partial charge on any atom is -0.462 e. The summed E-state index contributed by atoms with van der Waals surface area (Å²) in [5, 5.41) is 0. The molecule has 0 heterocycles. The van der Waals surface area contributed by atoms with Crippen LogP contribution in [0.4, 0.5) is 0 Å². The van der Waals surface area contributed by atoms with Crippen LogP contribution in [0.1, 0.15) is 61.3 Å². The van der Waals surface area contributed by atoms with E-state index in [9.17, 15) is 4.79 Å². The average Bonchev–Trinajstić information content (AvgIpc) is 2.27. The van der Waals surface area contributed by atoms with Gasteiger partial charge >= 0.3 is 5.97 Å². The van der Waals surface area contributed by atoms with Crippen LogP contribution in [0.2, 0.25) is 0 Å². The number of hydrogen-bond acceptors (Lipinski definition) is 2. The van der Waals surface area contributed by atoms with E-state index in [0.717, 1.165) is 11.8 Å². The number of carbonyl (C=O) groups excluding carboxylic acids is 1. The van der Waals surface area contributed by atoms with E-state index in [1.165, 1.54) is 12.8 Å². The molecule has 0 bridgehead atoms. The first-order chi connectivity index (χ1) is 8.73. The molecule has 0 aromatic rings. The fourth-order valence-electron chi connectivity index (χ4n) is 3.59. The smallest absolute Gasteiger partial charge is 0.302 e. The Bertz CT molecular complexity index is 276. The second-order valence-corrected chi connectivity index (χ2v) is 7.37. The number of esters is 1. The highest BCUT2D eigenvalue weighted by Crippen LogP contribution is 2.44. The molecule has 2 atom stereocenters. The first kappa shape index (κ1) is 16.5. The maximum absolute atomic E-state index is 11.4. The topological polar surface area (TPSA) is 26.3 Å². The lowest BCUT2D eigenvalue weighted by Crippen LogP contribution is -2.45. The molecule has 0 aliphatic heterocycles. The second kappa shape index (κ2) is 6.76. The summed E-state index contributed by atoms with van der Waals surface area (Å²) in [4.78, 5) is 11.4. The molecular formula is C17H32O2. The predicted molar refractivity (Wildman–Crippen MR) is 79.8 cm³/mol. The third kappa shape index (κ3) is 4.22. The Kier molecular flexibility index (Phi) is 5.88. The standard InChI is InChI=1S/C17H32O2/c1-10(2)14-8-15(11(3)4)17(19-13(7)18)16(9-14)12(5)6/h10-12,14-17H,8-9H2,1-7H3/t14?,15-,16-,17?/m0/s1. The van der Waals surface area contributed by atoms with E-state index in [-0.39, 0.29) is 12.1 Å². The van der Waals surface area contributed by atoms with E-state index >= 15 is 0 Å². The summed E-state index contributed by atoms with van der Waals surface area (Å²) in [6.07, 6.45) is 2.53. The van der Waals surface area contributed by atoms with Gasteiger partial charge in [-0.05, 0) is 48.3 Å². The van der Waals surface area contributed by atoms with Crippen molar-refractivity contribution in [3.8, 4) is 0 Å². The van der Waals surface area contributed by atoms with Crippen LogP contribution in [0.3, 0.4) is 0 Å². The van der Waals surface area contributed by atoms with Crippen molar-refractivity contribution in [2.24, 2.45) is 35.5 Å². The van der Waals surface area contributed by atoms with Gasteiger partial charge in [0.2, 0.25) is 0 Å². The molecule has 1 saturated carbocycles. The number of carbonyl (C=O) groups is 1. The molecule has 1 rings (SSSR count). The van der Waals surface area contributed by atoms with Gasteiger partial charge < -0.3 is 4.74 Å². The van der Waals surface area contributed by atoms with Crippen LogP contribution in [0, 0.1) is 35.5 Å². The maximum atomic E-state index is 11.4. The van der Waals surface area contributed by atoms with Crippen LogP contribution in [0.25, 0.3) is 0 Å². The summed E-state index contributed by atoms with van der Waals surface area (Å²) in [5.41, 5.74) is 0. The van der Waals surface area contributed by atoms with Gasteiger partial charge in [-0.3, -0.25) is 4.79 Å². The van der Waals surface area contributed by atoms with E-state index in [4.69, 9.17) is 4.74 Å². The summed E-state index contributed by atoms with van der Waals surface area (Å²) in [7, 11) is 0. The Morgan fingerprint density at radius 2 is 1.32 bits per heavy atom. The van der Waals surface area contributed by atoms with Crippen LogP contribution in [0.15, 0.2) is 0 Å². The lowest BCUT2D eigenvalue weighted by Gasteiger charge is -2.45. The molecule has 1 fully saturated rings. The quantitative estimate of drug-likeness (QED) is 0.700. The SMILES string of the molecule is CC(=O)OC1[C@H](C(C)C)CC(C(C)C)C[C@H]1C(C)C. The van der Waals surface area contributed by atoms with Crippen LogP contribution >= 0.6 is 0 Å². The van der Waals surface area contributed by atoms with Crippen molar-refractivity contribution < 1.29 is 9.53 Å². The zero-order valence-corrected chi connectivity index (χ0v) is 13.8. The van der Waals surface area contributed by atoms with Gasteiger partial charge in [0.25, 0.3) is 0 Å². The zero-order valence-electron chi connectivity index (χ0n) is 13.8. The third-order valence-corrected chi connectivity index (χ3v) is 4.95. The van der Waals surface area contributed by atoms with Crippen LogP contribution in [-0.2, 0) is 9.53 Å². The Balaban J connectivity index is 2.96. The molecule has 1 aliphatic carbocycles. The first-order valence-electron chi connectivity index (χ1n) is 7.91. The average molecular weight is 268 g/mol. The molecular weight excluding hydrogens is 236 g/mol.